The highest BCUT2D eigenvalue weighted by Gasteiger charge is 2.26. The molecule has 1 fully saturated rings. The molecule has 0 unspecified atom stereocenters. The van der Waals surface area contributed by atoms with Crippen molar-refractivity contribution in [2.24, 2.45) is 11.8 Å². The molecule has 2 aromatic heterocycles. The Labute approximate surface area is 133 Å². The average Bonchev–Trinajstić information content (AvgIpc) is 2.98. The Morgan fingerprint density at radius 3 is 2.74 bits per heavy atom. The maximum Gasteiger partial charge on any atom is 0.325 e. The summed E-state index contributed by atoms with van der Waals surface area (Å²) in [5.41, 5.74) is 1.65. The number of anilines is 1. The van der Waals surface area contributed by atoms with Gasteiger partial charge in [-0.1, -0.05) is 13.8 Å². The highest BCUT2D eigenvalue weighted by molar-refractivity contribution is 5.64. The molecule has 2 aromatic rings. The molecule has 0 saturated carbocycles. The van der Waals surface area contributed by atoms with Gasteiger partial charge in [0.2, 0.25) is 0 Å². The van der Waals surface area contributed by atoms with Crippen molar-refractivity contribution in [3.8, 4) is 11.3 Å². The lowest BCUT2D eigenvalue weighted by Crippen LogP contribution is -2.24. The summed E-state index contributed by atoms with van der Waals surface area (Å²) in [5.74, 6) is 1.32. The number of nitrogens with one attached hydrogen (secondary N) is 2. The molecule has 7 nitrogen and oxygen atoms in total. The Kier molecular flexibility index (Phi) is 4.02. The number of aromatic amines is 2. The molecule has 1 atom stereocenters. The summed E-state index contributed by atoms with van der Waals surface area (Å²) < 4.78 is 0. The first-order valence-corrected chi connectivity index (χ1v) is 7.87. The van der Waals surface area contributed by atoms with Crippen molar-refractivity contribution in [1.29, 1.82) is 0 Å². The summed E-state index contributed by atoms with van der Waals surface area (Å²) in [6.45, 7) is 8.39. The number of aromatic nitrogens is 4. The van der Waals surface area contributed by atoms with Gasteiger partial charge in [0.25, 0.3) is 5.56 Å². The largest absolute Gasteiger partial charge is 0.370 e. The van der Waals surface area contributed by atoms with Crippen LogP contribution in [0.3, 0.4) is 0 Å². The molecule has 122 valence electrons. The Morgan fingerprint density at radius 1 is 1.30 bits per heavy atom. The lowest BCUT2D eigenvalue weighted by molar-refractivity contribution is 0.422. The number of aryl methyl sites for hydroxylation is 1. The third-order valence-corrected chi connectivity index (χ3v) is 4.56. The molecular weight excluding hydrogens is 294 g/mol. The third-order valence-electron chi connectivity index (χ3n) is 4.56. The standard InChI is InChI=1S/C16H21N5O2/c1-9(2)11-4-5-21(8-11)14-6-13(20-19-10(14)3)12-7-17-16(23)18-15(12)22/h6-7,9,11H,4-5,8H2,1-3H3,(H2,17,18,22,23)/t11-/m0/s1. The molecule has 2 N–H and O–H groups in total. The third kappa shape index (κ3) is 3.04. The van der Waals surface area contributed by atoms with Crippen LogP contribution in [0, 0.1) is 18.8 Å². The molecule has 0 aliphatic carbocycles. The second kappa shape index (κ2) is 5.98. The van der Waals surface area contributed by atoms with E-state index in [1.54, 1.807) is 0 Å². The van der Waals surface area contributed by atoms with Crippen molar-refractivity contribution >= 4 is 5.69 Å². The molecule has 3 rings (SSSR count). The summed E-state index contributed by atoms with van der Waals surface area (Å²) in [5, 5.41) is 8.30. The molecule has 23 heavy (non-hydrogen) atoms. The van der Waals surface area contributed by atoms with Crippen LogP contribution in [-0.4, -0.2) is 33.3 Å². The molecule has 0 aromatic carbocycles. The maximum absolute atomic E-state index is 11.9. The fourth-order valence-electron chi connectivity index (χ4n) is 3.04. The minimum Gasteiger partial charge on any atom is -0.370 e. The summed E-state index contributed by atoms with van der Waals surface area (Å²) in [6.07, 6.45) is 2.54. The van der Waals surface area contributed by atoms with Gasteiger partial charge in [-0.3, -0.25) is 9.78 Å². The molecule has 3 heterocycles. The quantitative estimate of drug-likeness (QED) is 0.890. The van der Waals surface area contributed by atoms with E-state index in [9.17, 15) is 9.59 Å². The van der Waals surface area contributed by atoms with Gasteiger partial charge < -0.3 is 9.88 Å². The van der Waals surface area contributed by atoms with Gasteiger partial charge in [-0.05, 0) is 31.2 Å². The molecule has 7 heteroatoms. The van der Waals surface area contributed by atoms with Crippen LogP contribution in [0.15, 0.2) is 21.9 Å². The molecule has 1 aliphatic rings. The van der Waals surface area contributed by atoms with Crippen LogP contribution in [0.2, 0.25) is 0 Å². The van der Waals surface area contributed by atoms with Crippen LogP contribution < -0.4 is 16.1 Å². The van der Waals surface area contributed by atoms with E-state index in [0.29, 0.717) is 23.1 Å². The first-order valence-electron chi connectivity index (χ1n) is 7.87. The Bertz CT molecular complexity index is 824. The van der Waals surface area contributed by atoms with E-state index in [0.717, 1.165) is 30.9 Å². The van der Waals surface area contributed by atoms with Gasteiger partial charge in [-0.15, -0.1) is 5.10 Å². The predicted octanol–water partition coefficient (Wildman–Crippen LogP) is 1.31. The average molecular weight is 315 g/mol. The van der Waals surface area contributed by atoms with Gasteiger partial charge in [0.15, 0.2) is 0 Å². The number of nitrogens with zero attached hydrogens (tertiary/aromatic N) is 3. The first-order chi connectivity index (χ1) is 11.0. The van der Waals surface area contributed by atoms with E-state index in [2.05, 4.69) is 38.9 Å². The van der Waals surface area contributed by atoms with Gasteiger partial charge in [-0.25, -0.2) is 4.79 Å². The van der Waals surface area contributed by atoms with Crippen molar-refractivity contribution < 1.29 is 0 Å². The zero-order valence-corrected chi connectivity index (χ0v) is 13.6. The smallest absolute Gasteiger partial charge is 0.325 e. The number of hydrogen-bond acceptors (Lipinski definition) is 5. The van der Waals surface area contributed by atoms with Crippen LogP contribution >= 0.6 is 0 Å². The van der Waals surface area contributed by atoms with Crippen LogP contribution in [0.1, 0.15) is 26.0 Å². The number of hydrogen-bond donors (Lipinski definition) is 2. The SMILES string of the molecule is Cc1nnc(-c2c[nH]c(=O)[nH]c2=O)cc1N1CC[C@H](C(C)C)C1. The van der Waals surface area contributed by atoms with E-state index in [4.69, 9.17) is 0 Å². The minimum atomic E-state index is -0.529. The summed E-state index contributed by atoms with van der Waals surface area (Å²) >= 11 is 0. The molecule has 1 aliphatic heterocycles. The molecule has 1 saturated heterocycles. The number of rotatable bonds is 3. The van der Waals surface area contributed by atoms with Gasteiger partial charge in [0.05, 0.1) is 16.9 Å². The van der Waals surface area contributed by atoms with Crippen LogP contribution in [0.25, 0.3) is 11.3 Å². The topological polar surface area (TPSA) is 94.7 Å². The minimum absolute atomic E-state index is 0.318. The van der Waals surface area contributed by atoms with E-state index in [1.165, 1.54) is 6.20 Å². The lowest BCUT2D eigenvalue weighted by atomic mass is 9.95. The molecule has 0 amide bonds. The van der Waals surface area contributed by atoms with Gasteiger partial charge in [0, 0.05) is 19.3 Å². The van der Waals surface area contributed by atoms with Crippen molar-refractivity contribution in [2.45, 2.75) is 27.2 Å². The fourth-order valence-corrected chi connectivity index (χ4v) is 3.04. The van der Waals surface area contributed by atoms with E-state index in [-0.39, 0.29) is 0 Å². The molecule has 0 radical (unpaired) electrons. The zero-order valence-electron chi connectivity index (χ0n) is 13.6. The second-order valence-electron chi connectivity index (χ2n) is 6.42. The lowest BCUT2D eigenvalue weighted by Gasteiger charge is -2.21. The first kappa shape index (κ1) is 15.5. The Balaban J connectivity index is 1.97. The summed E-state index contributed by atoms with van der Waals surface area (Å²) in [7, 11) is 0. The van der Waals surface area contributed by atoms with E-state index >= 15 is 0 Å². The summed E-state index contributed by atoms with van der Waals surface area (Å²) in [6, 6.07) is 1.88. The predicted molar refractivity (Wildman–Crippen MR) is 88.6 cm³/mol. The van der Waals surface area contributed by atoms with Crippen LogP contribution in [-0.2, 0) is 0 Å². The maximum atomic E-state index is 11.9. The van der Waals surface area contributed by atoms with E-state index in [1.807, 2.05) is 13.0 Å². The highest BCUT2D eigenvalue weighted by Crippen LogP contribution is 2.30. The Morgan fingerprint density at radius 2 is 2.09 bits per heavy atom. The second-order valence-corrected chi connectivity index (χ2v) is 6.42. The van der Waals surface area contributed by atoms with Crippen molar-refractivity contribution in [1.82, 2.24) is 20.2 Å². The fraction of sp³-hybridized carbons (Fsp3) is 0.500. The van der Waals surface area contributed by atoms with Crippen molar-refractivity contribution in [2.75, 3.05) is 18.0 Å². The Hall–Kier alpha value is -2.44. The monoisotopic (exact) mass is 315 g/mol. The van der Waals surface area contributed by atoms with Gasteiger partial charge >= 0.3 is 5.69 Å². The molecular formula is C16H21N5O2. The highest BCUT2D eigenvalue weighted by atomic mass is 16.2. The van der Waals surface area contributed by atoms with Crippen molar-refractivity contribution in [3.05, 3.63) is 38.8 Å². The molecule has 0 spiro atoms. The van der Waals surface area contributed by atoms with Crippen molar-refractivity contribution in [3.63, 3.8) is 0 Å². The summed E-state index contributed by atoms with van der Waals surface area (Å²) in [4.78, 5) is 30.1. The zero-order chi connectivity index (χ0) is 16.6. The van der Waals surface area contributed by atoms with Gasteiger partial charge in [0.1, 0.15) is 5.69 Å². The number of H-pyrrole nitrogens is 2. The van der Waals surface area contributed by atoms with Crippen LogP contribution in [0.5, 0.6) is 0 Å². The molecule has 0 bridgehead atoms. The van der Waals surface area contributed by atoms with E-state index < -0.39 is 11.2 Å². The van der Waals surface area contributed by atoms with Crippen LogP contribution in [0.4, 0.5) is 5.69 Å². The van der Waals surface area contributed by atoms with Gasteiger partial charge in [-0.2, -0.15) is 5.10 Å². The normalized spacial score (nSPS) is 17.9.